The van der Waals surface area contributed by atoms with Crippen molar-refractivity contribution in [2.45, 2.75) is 26.8 Å². The summed E-state index contributed by atoms with van der Waals surface area (Å²) in [5, 5.41) is 3.24. The molecule has 0 aromatic carbocycles. The first-order valence-electron chi connectivity index (χ1n) is 5.47. The average Bonchev–Trinajstić information content (AvgIpc) is 2.61. The summed E-state index contributed by atoms with van der Waals surface area (Å²) in [5.41, 5.74) is 7.43. The van der Waals surface area contributed by atoms with Gasteiger partial charge in [0, 0.05) is 5.56 Å². The Balaban J connectivity index is 2.20. The van der Waals surface area contributed by atoms with Crippen LogP contribution in [0.1, 0.15) is 30.0 Å². The van der Waals surface area contributed by atoms with Crippen LogP contribution in [0.25, 0.3) is 0 Å². The highest BCUT2D eigenvalue weighted by molar-refractivity contribution is 5.59. The first-order chi connectivity index (χ1) is 8.08. The van der Waals surface area contributed by atoms with Crippen molar-refractivity contribution in [1.29, 1.82) is 0 Å². The standard InChI is InChI=1S/C12H16N4O/c1-7-4-10(9(3)17-7)8(2)16-12-11(13)5-14-6-15-12/h4-6,8H,13H2,1-3H3,(H,14,15,16). The minimum Gasteiger partial charge on any atom is -0.466 e. The van der Waals surface area contributed by atoms with Gasteiger partial charge in [-0.15, -0.1) is 0 Å². The first-order valence-corrected chi connectivity index (χ1v) is 5.47. The fraction of sp³-hybridized carbons (Fsp3) is 0.333. The van der Waals surface area contributed by atoms with Gasteiger partial charge in [-0.25, -0.2) is 9.97 Å². The number of nitrogens with one attached hydrogen (secondary N) is 1. The Kier molecular flexibility index (Phi) is 2.99. The van der Waals surface area contributed by atoms with Gasteiger partial charge in [-0.2, -0.15) is 0 Å². The van der Waals surface area contributed by atoms with Gasteiger partial charge in [-0.05, 0) is 26.8 Å². The van der Waals surface area contributed by atoms with Crippen molar-refractivity contribution in [3.05, 3.63) is 35.7 Å². The quantitative estimate of drug-likeness (QED) is 0.849. The monoisotopic (exact) mass is 232 g/mol. The summed E-state index contributed by atoms with van der Waals surface area (Å²) in [6, 6.07) is 2.11. The summed E-state index contributed by atoms with van der Waals surface area (Å²) >= 11 is 0. The molecule has 2 aromatic heterocycles. The van der Waals surface area contributed by atoms with Gasteiger partial charge in [-0.1, -0.05) is 0 Å². The second-order valence-corrected chi connectivity index (χ2v) is 4.06. The molecular weight excluding hydrogens is 216 g/mol. The highest BCUT2D eigenvalue weighted by atomic mass is 16.3. The van der Waals surface area contributed by atoms with E-state index in [1.54, 1.807) is 6.20 Å². The Hall–Kier alpha value is -2.04. The predicted molar refractivity (Wildman–Crippen MR) is 66.7 cm³/mol. The highest BCUT2D eigenvalue weighted by Gasteiger charge is 2.13. The van der Waals surface area contributed by atoms with E-state index in [1.165, 1.54) is 6.33 Å². The van der Waals surface area contributed by atoms with Crippen LogP contribution in [0, 0.1) is 13.8 Å². The fourth-order valence-corrected chi connectivity index (χ4v) is 1.82. The summed E-state index contributed by atoms with van der Waals surface area (Å²) in [5.74, 6) is 2.46. The Labute approximate surface area is 100 Å². The highest BCUT2D eigenvalue weighted by Crippen LogP contribution is 2.25. The van der Waals surface area contributed by atoms with Crippen molar-refractivity contribution in [3.63, 3.8) is 0 Å². The van der Waals surface area contributed by atoms with E-state index in [0.29, 0.717) is 11.5 Å². The average molecular weight is 232 g/mol. The Morgan fingerprint density at radius 1 is 1.41 bits per heavy atom. The molecule has 5 nitrogen and oxygen atoms in total. The fourth-order valence-electron chi connectivity index (χ4n) is 1.82. The molecule has 0 aliphatic heterocycles. The zero-order valence-corrected chi connectivity index (χ0v) is 10.2. The lowest BCUT2D eigenvalue weighted by Gasteiger charge is -2.14. The summed E-state index contributed by atoms with van der Waals surface area (Å²) in [6.45, 7) is 5.92. The molecule has 2 aromatic rings. The van der Waals surface area contributed by atoms with Crippen LogP contribution in [0.2, 0.25) is 0 Å². The van der Waals surface area contributed by atoms with E-state index in [0.717, 1.165) is 17.1 Å². The van der Waals surface area contributed by atoms with Gasteiger partial charge < -0.3 is 15.5 Å². The van der Waals surface area contributed by atoms with Crippen molar-refractivity contribution in [3.8, 4) is 0 Å². The van der Waals surface area contributed by atoms with E-state index in [9.17, 15) is 0 Å². The van der Waals surface area contributed by atoms with Gasteiger partial charge in [0.1, 0.15) is 17.8 Å². The molecule has 1 unspecified atom stereocenters. The molecule has 2 heterocycles. The Bertz CT molecular complexity index is 521. The van der Waals surface area contributed by atoms with E-state index in [4.69, 9.17) is 10.2 Å². The van der Waals surface area contributed by atoms with Gasteiger partial charge >= 0.3 is 0 Å². The lowest BCUT2D eigenvalue weighted by molar-refractivity contribution is 0.500. The lowest BCUT2D eigenvalue weighted by Crippen LogP contribution is -2.10. The third-order valence-corrected chi connectivity index (χ3v) is 2.64. The number of nitrogens with two attached hydrogens (primary N) is 1. The normalized spacial score (nSPS) is 12.4. The van der Waals surface area contributed by atoms with E-state index in [1.807, 2.05) is 26.8 Å². The molecule has 0 radical (unpaired) electrons. The molecule has 0 spiro atoms. The van der Waals surface area contributed by atoms with Gasteiger partial charge in [0.15, 0.2) is 5.82 Å². The molecule has 2 rings (SSSR count). The van der Waals surface area contributed by atoms with Crippen LogP contribution in [-0.2, 0) is 0 Å². The molecule has 5 heteroatoms. The summed E-state index contributed by atoms with van der Waals surface area (Å²) in [6.07, 6.45) is 3.05. The molecule has 90 valence electrons. The van der Waals surface area contributed by atoms with Crippen molar-refractivity contribution in [1.82, 2.24) is 9.97 Å². The molecule has 3 N–H and O–H groups in total. The third-order valence-electron chi connectivity index (χ3n) is 2.64. The zero-order chi connectivity index (χ0) is 12.4. The van der Waals surface area contributed by atoms with Crippen LogP contribution in [-0.4, -0.2) is 9.97 Å². The molecule has 1 atom stereocenters. The Morgan fingerprint density at radius 3 is 2.76 bits per heavy atom. The van der Waals surface area contributed by atoms with E-state index in [-0.39, 0.29) is 6.04 Å². The summed E-state index contributed by atoms with van der Waals surface area (Å²) in [7, 11) is 0. The number of aryl methyl sites for hydroxylation is 2. The molecule has 0 saturated carbocycles. The number of furan rings is 1. The molecule has 0 saturated heterocycles. The van der Waals surface area contributed by atoms with Gasteiger partial charge in [-0.3, -0.25) is 0 Å². The van der Waals surface area contributed by atoms with Crippen LogP contribution in [0.4, 0.5) is 11.5 Å². The van der Waals surface area contributed by atoms with Crippen LogP contribution in [0.5, 0.6) is 0 Å². The van der Waals surface area contributed by atoms with Gasteiger partial charge in [0.05, 0.1) is 17.9 Å². The number of rotatable bonds is 3. The second kappa shape index (κ2) is 4.45. The van der Waals surface area contributed by atoms with Crippen molar-refractivity contribution in [2.75, 3.05) is 11.1 Å². The maximum absolute atomic E-state index is 5.78. The van der Waals surface area contributed by atoms with Crippen LogP contribution < -0.4 is 11.1 Å². The topological polar surface area (TPSA) is 77.0 Å². The third kappa shape index (κ3) is 2.38. The molecule has 0 bridgehead atoms. The minimum absolute atomic E-state index is 0.0876. The summed E-state index contributed by atoms with van der Waals surface area (Å²) in [4.78, 5) is 7.95. The van der Waals surface area contributed by atoms with Crippen molar-refractivity contribution >= 4 is 11.5 Å². The number of aromatic nitrogens is 2. The smallest absolute Gasteiger partial charge is 0.153 e. The van der Waals surface area contributed by atoms with Crippen molar-refractivity contribution < 1.29 is 4.42 Å². The van der Waals surface area contributed by atoms with E-state index < -0.39 is 0 Å². The molecule has 0 aliphatic rings. The van der Waals surface area contributed by atoms with E-state index in [2.05, 4.69) is 15.3 Å². The van der Waals surface area contributed by atoms with Gasteiger partial charge in [0.2, 0.25) is 0 Å². The molecule has 17 heavy (non-hydrogen) atoms. The molecule has 0 amide bonds. The predicted octanol–water partition coefficient (Wildman–Crippen LogP) is 2.44. The van der Waals surface area contributed by atoms with E-state index >= 15 is 0 Å². The number of nitrogens with zero attached hydrogens (tertiary/aromatic N) is 2. The lowest BCUT2D eigenvalue weighted by atomic mass is 10.1. The second-order valence-electron chi connectivity index (χ2n) is 4.06. The van der Waals surface area contributed by atoms with Crippen LogP contribution >= 0.6 is 0 Å². The first kappa shape index (κ1) is 11.4. The molecule has 0 aliphatic carbocycles. The molecular formula is C12H16N4O. The SMILES string of the molecule is Cc1cc(C(C)Nc2ncncc2N)c(C)o1. The number of anilines is 2. The van der Waals surface area contributed by atoms with Gasteiger partial charge in [0.25, 0.3) is 0 Å². The van der Waals surface area contributed by atoms with Crippen LogP contribution in [0.15, 0.2) is 23.0 Å². The minimum atomic E-state index is 0.0876. The molecule has 0 fully saturated rings. The number of hydrogen-bond acceptors (Lipinski definition) is 5. The zero-order valence-electron chi connectivity index (χ0n) is 10.2. The number of hydrogen-bond donors (Lipinski definition) is 2. The Morgan fingerprint density at radius 2 is 2.18 bits per heavy atom. The summed E-state index contributed by atoms with van der Waals surface area (Å²) < 4.78 is 5.50. The van der Waals surface area contributed by atoms with Crippen LogP contribution in [0.3, 0.4) is 0 Å². The number of nitrogen functional groups attached to an aromatic ring is 1. The van der Waals surface area contributed by atoms with Crippen molar-refractivity contribution in [2.24, 2.45) is 0 Å². The maximum Gasteiger partial charge on any atom is 0.153 e. The largest absolute Gasteiger partial charge is 0.466 e. The maximum atomic E-state index is 5.78.